The summed E-state index contributed by atoms with van der Waals surface area (Å²) in [6.45, 7) is 1.32. The van der Waals surface area contributed by atoms with Gasteiger partial charge in [0.15, 0.2) is 0 Å². The van der Waals surface area contributed by atoms with Crippen molar-refractivity contribution in [2.24, 2.45) is 11.7 Å². The monoisotopic (exact) mass is 226 g/mol. The Balaban J connectivity index is 1.81. The summed E-state index contributed by atoms with van der Waals surface area (Å²) < 4.78 is 0. The van der Waals surface area contributed by atoms with E-state index in [-0.39, 0.29) is 18.2 Å². The lowest BCUT2D eigenvalue weighted by atomic mass is 9.93. The van der Waals surface area contributed by atoms with E-state index < -0.39 is 11.5 Å². The fourth-order valence-electron chi connectivity index (χ4n) is 2.25. The second-order valence-corrected chi connectivity index (χ2v) is 4.99. The molecule has 0 bridgehead atoms. The van der Waals surface area contributed by atoms with Crippen molar-refractivity contribution >= 4 is 11.9 Å². The van der Waals surface area contributed by atoms with Gasteiger partial charge in [0.05, 0.1) is 5.54 Å². The molecule has 1 amide bonds. The zero-order valence-electron chi connectivity index (χ0n) is 9.32. The zero-order valence-corrected chi connectivity index (χ0v) is 9.32. The van der Waals surface area contributed by atoms with Crippen LogP contribution in [0.25, 0.3) is 0 Å². The summed E-state index contributed by atoms with van der Waals surface area (Å²) in [5.74, 6) is -0.474. The van der Waals surface area contributed by atoms with E-state index in [9.17, 15) is 9.59 Å². The molecule has 90 valence electrons. The molecule has 0 aromatic carbocycles. The van der Waals surface area contributed by atoms with Crippen LogP contribution in [-0.2, 0) is 9.59 Å². The van der Waals surface area contributed by atoms with Crippen LogP contribution in [-0.4, -0.2) is 40.5 Å². The molecule has 0 spiro atoms. The molecule has 2 aliphatic rings. The standard InChI is InChI=1S/C11H18N2O3/c12-11(3-4-11)10(16)13-5-1-8(2-6-13)7-9(14)15/h8H,1-7,12H2,(H,14,15). The van der Waals surface area contributed by atoms with E-state index in [0.717, 1.165) is 25.7 Å². The van der Waals surface area contributed by atoms with Gasteiger partial charge in [-0.1, -0.05) is 0 Å². The first-order chi connectivity index (χ1) is 7.51. The number of hydrogen-bond acceptors (Lipinski definition) is 3. The van der Waals surface area contributed by atoms with Gasteiger partial charge in [0.2, 0.25) is 5.91 Å². The number of carboxylic acid groups (broad SMARTS) is 1. The molecule has 0 atom stereocenters. The average molecular weight is 226 g/mol. The molecule has 0 aromatic heterocycles. The van der Waals surface area contributed by atoms with E-state index in [2.05, 4.69) is 0 Å². The average Bonchev–Trinajstić information content (AvgIpc) is 2.97. The van der Waals surface area contributed by atoms with Crippen LogP contribution in [0.3, 0.4) is 0 Å². The number of amides is 1. The lowest BCUT2D eigenvalue weighted by molar-refractivity contribution is -0.139. The second kappa shape index (κ2) is 4.05. The predicted molar refractivity (Wildman–Crippen MR) is 57.7 cm³/mol. The highest BCUT2D eigenvalue weighted by atomic mass is 16.4. The number of rotatable bonds is 3. The highest BCUT2D eigenvalue weighted by molar-refractivity contribution is 5.89. The maximum Gasteiger partial charge on any atom is 0.303 e. The van der Waals surface area contributed by atoms with E-state index >= 15 is 0 Å². The van der Waals surface area contributed by atoms with E-state index in [1.54, 1.807) is 4.90 Å². The number of nitrogens with two attached hydrogens (primary N) is 1. The highest BCUT2D eigenvalue weighted by Crippen LogP contribution is 2.35. The Morgan fingerprint density at radius 2 is 1.88 bits per heavy atom. The number of aliphatic carboxylic acids is 1. The molecule has 3 N–H and O–H groups in total. The number of carbonyl (C=O) groups is 2. The molecule has 1 aliphatic heterocycles. The van der Waals surface area contributed by atoms with Gasteiger partial charge in [-0.05, 0) is 31.6 Å². The minimum absolute atomic E-state index is 0.0567. The van der Waals surface area contributed by atoms with Gasteiger partial charge in [0, 0.05) is 19.5 Å². The van der Waals surface area contributed by atoms with Crippen LogP contribution in [0.4, 0.5) is 0 Å². The van der Waals surface area contributed by atoms with Crippen LogP contribution in [0.5, 0.6) is 0 Å². The maximum absolute atomic E-state index is 11.9. The Labute approximate surface area is 94.6 Å². The molecule has 5 heteroatoms. The molecule has 0 unspecified atom stereocenters. The third kappa shape index (κ3) is 2.35. The van der Waals surface area contributed by atoms with Crippen molar-refractivity contribution < 1.29 is 14.7 Å². The number of nitrogens with zero attached hydrogens (tertiary/aromatic N) is 1. The fraction of sp³-hybridized carbons (Fsp3) is 0.818. The molecule has 5 nitrogen and oxygen atoms in total. The van der Waals surface area contributed by atoms with Crippen LogP contribution in [0, 0.1) is 5.92 Å². The van der Waals surface area contributed by atoms with Gasteiger partial charge in [-0.3, -0.25) is 9.59 Å². The topological polar surface area (TPSA) is 83.6 Å². The summed E-state index contributed by atoms with van der Waals surface area (Å²) in [7, 11) is 0. The van der Waals surface area contributed by atoms with E-state index in [1.807, 2.05) is 0 Å². The van der Waals surface area contributed by atoms with Crippen molar-refractivity contribution in [1.82, 2.24) is 4.90 Å². The molecule has 16 heavy (non-hydrogen) atoms. The van der Waals surface area contributed by atoms with Gasteiger partial charge < -0.3 is 15.7 Å². The van der Waals surface area contributed by atoms with Gasteiger partial charge in [-0.25, -0.2) is 0 Å². The van der Waals surface area contributed by atoms with Crippen LogP contribution in [0.2, 0.25) is 0 Å². The summed E-state index contributed by atoms with van der Waals surface area (Å²) in [6.07, 6.45) is 3.37. The Hall–Kier alpha value is -1.10. The molecule has 1 heterocycles. The number of carbonyl (C=O) groups excluding carboxylic acids is 1. The second-order valence-electron chi connectivity index (χ2n) is 4.99. The quantitative estimate of drug-likeness (QED) is 0.719. The van der Waals surface area contributed by atoms with Gasteiger partial charge >= 0.3 is 5.97 Å². The third-order valence-electron chi connectivity index (χ3n) is 3.58. The fourth-order valence-corrected chi connectivity index (χ4v) is 2.25. The summed E-state index contributed by atoms with van der Waals surface area (Å²) in [5, 5.41) is 8.68. The van der Waals surface area contributed by atoms with Crippen LogP contribution < -0.4 is 5.73 Å². The smallest absolute Gasteiger partial charge is 0.303 e. The van der Waals surface area contributed by atoms with Crippen molar-refractivity contribution in [3.63, 3.8) is 0 Å². The first-order valence-electron chi connectivity index (χ1n) is 5.81. The molecule has 2 fully saturated rings. The van der Waals surface area contributed by atoms with Gasteiger partial charge in [0.25, 0.3) is 0 Å². The maximum atomic E-state index is 11.9. The molecule has 0 radical (unpaired) electrons. The lowest BCUT2D eigenvalue weighted by Gasteiger charge is -2.33. The number of hydrogen-bond donors (Lipinski definition) is 2. The van der Waals surface area contributed by atoms with Crippen molar-refractivity contribution in [2.75, 3.05) is 13.1 Å². The minimum Gasteiger partial charge on any atom is -0.481 e. The molecule has 0 aromatic rings. The summed E-state index contributed by atoms with van der Waals surface area (Å²) in [5.41, 5.74) is 5.27. The molecule has 1 saturated carbocycles. The van der Waals surface area contributed by atoms with E-state index in [0.29, 0.717) is 13.1 Å². The number of carboxylic acids is 1. The summed E-state index contributed by atoms with van der Waals surface area (Å²) in [6, 6.07) is 0. The first-order valence-corrected chi connectivity index (χ1v) is 5.81. The lowest BCUT2D eigenvalue weighted by Crippen LogP contribution is -2.48. The normalized spacial score (nSPS) is 24.2. The number of likely N-dealkylation sites (tertiary alicyclic amines) is 1. The molecular weight excluding hydrogens is 208 g/mol. The predicted octanol–water partition coefficient (Wildman–Crippen LogP) is 0.191. The molecule has 1 saturated heterocycles. The van der Waals surface area contributed by atoms with E-state index in [1.165, 1.54) is 0 Å². The number of piperidine rings is 1. The minimum atomic E-state index is -0.748. The van der Waals surface area contributed by atoms with Crippen LogP contribution >= 0.6 is 0 Å². The molecular formula is C11H18N2O3. The van der Waals surface area contributed by atoms with Crippen molar-refractivity contribution in [1.29, 1.82) is 0 Å². The van der Waals surface area contributed by atoms with E-state index in [4.69, 9.17) is 10.8 Å². The SMILES string of the molecule is NC1(C(=O)N2CCC(CC(=O)O)CC2)CC1. The van der Waals surface area contributed by atoms with Crippen molar-refractivity contribution in [3.8, 4) is 0 Å². The Morgan fingerprint density at radius 3 is 2.31 bits per heavy atom. The Kier molecular flexibility index (Phi) is 2.88. The summed E-state index contributed by atoms with van der Waals surface area (Å²) in [4.78, 5) is 24.2. The highest BCUT2D eigenvalue weighted by Gasteiger charge is 2.48. The Morgan fingerprint density at radius 1 is 1.31 bits per heavy atom. The third-order valence-corrected chi connectivity index (χ3v) is 3.58. The molecule has 2 rings (SSSR count). The van der Waals surface area contributed by atoms with Crippen molar-refractivity contribution in [3.05, 3.63) is 0 Å². The largest absolute Gasteiger partial charge is 0.481 e. The van der Waals surface area contributed by atoms with Crippen molar-refractivity contribution in [2.45, 2.75) is 37.6 Å². The van der Waals surface area contributed by atoms with Crippen LogP contribution in [0.15, 0.2) is 0 Å². The summed E-state index contributed by atoms with van der Waals surface area (Å²) >= 11 is 0. The van der Waals surface area contributed by atoms with Gasteiger partial charge in [-0.15, -0.1) is 0 Å². The Bertz CT molecular complexity index is 304. The first kappa shape index (κ1) is 11.4. The molecule has 1 aliphatic carbocycles. The van der Waals surface area contributed by atoms with Gasteiger partial charge in [0.1, 0.15) is 0 Å². The zero-order chi connectivity index (χ0) is 11.8. The van der Waals surface area contributed by atoms with Crippen LogP contribution in [0.1, 0.15) is 32.1 Å². The van der Waals surface area contributed by atoms with Gasteiger partial charge in [-0.2, -0.15) is 0 Å².